The van der Waals surface area contributed by atoms with Gasteiger partial charge in [-0.1, -0.05) is 6.08 Å². The zero-order valence-corrected chi connectivity index (χ0v) is 17.9. The predicted molar refractivity (Wildman–Crippen MR) is 104 cm³/mol. The Morgan fingerprint density at radius 2 is 1.93 bits per heavy atom. The van der Waals surface area contributed by atoms with Gasteiger partial charge < -0.3 is 28.1 Å². The average molecular weight is 456 g/mol. The van der Waals surface area contributed by atoms with E-state index >= 15 is 0 Å². The van der Waals surface area contributed by atoms with E-state index in [0.717, 1.165) is 12.9 Å². The molecule has 0 saturated heterocycles. The zero-order valence-electron chi connectivity index (χ0n) is 15.3. The van der Waals surface area contributed by atoms with Gasteiger partial charge in [-0.25, -0.2) is 4.79 Å². The van der Waals surface area contributed by atoms with Crippen LogP contribution in [0.5, 0.6) is 0 Å². The Labute approximate surface area is 165 Å². The van der Waals surface area contributed by atoms with Crippen molar-refractivity contribution in [1.82, 2.24) is 9.55 Å². The number of nitrogens with one attached hydrogen (secondary N) is 1. The Balaban J connectivity index is 2.46. The Morgan fingerprint density at radius 1 is 1.25 bits per heavy atom. The molecule has 0 radical (unpaired) electrons. The third-order valence-corrected chi connectivity index (χ3v) is 7.14. The first-order chi connectivity index (χ1) is 13.0. The lowest BCUT2D eigenvalue weighted by molar-refractivity contribution is -0.0125. The highest BCUT2D eigenvalue weighted by Gasteiger charge is 2.47. The van der Waals surface area contributed by atoms with Crippen LogP contribution in [-0.4, -0.2) is 52.9 Å². The quantitative estimate of drug-likeness (QED) is 0.477. The Bertz CT molecular complexity index is 930. The van der Waals surface area contributed by atoms with Crippen molar-refractivity contribution in [3.05, 3.63) is 45.0 Å². The topological polar surface area (TPSA) is 149 Å². The van der Waals surface area contributed by atoms with E-state index in [2.05, 4.69) is 9.51 Å². The summed E-state index contributed by atoms with van der Waals surface area (Å²) in [5.41, 5.74) is -1.20. The van der Waals surface area contributed by atoms with Crippen molar-refractivity contribution >= 4 is 26.1 Å². The van der Waals surface area contributed by atoms with E-state index in [4.69, 9.17) is 25.6 Å². The van der Waals surface area contributed by atoms with Crippen molar-refractivity contribution in [3.63, 3.8) is 0 Å². The van der Waals surface area contributed by atoms with Crippen LogP contribution in [0.1, 0.15) is 12.5 Å². The number of methoxy groups -OCH3 is 1. The van der Waals surface area contributed by atoms with Gasteiger partial charge in [0.05, 0.1) is 6.04 Å². The fraction of sp³-hybridized carbons (Fsp3) is 0.571. The molecule has 28 heavy (non-hydrogen) atoms. The summed E-state index contributed by atoms with van der Waals surface area (Å²) < 4.78 is 33.4. The van der Waals surface area contributed by atoms with E-state index in [1.807, 2.05) is 0 Å². The maximum atomic E-state index is 12.2. The molecule has 0 aromatic carbocycles. The Kier molecular flexibility index (Phi) is 7.71. The lowest BCUT2D eigenvalue weighted by Crippen LogP contribution is -2.38. The number of nitrogens with zero attached hydrogens (tertiary/aromatic N) is 1. The van der Waals surface area contributed by atoms with Crippen molar-refractivity contribution in [2.45, 2.75) is 24.7 Å². The van der Waals surface area contributed by atoms with E-state index in [1.54, 1.807) is 0 Å². The molecule has 14 heteroatoms. The maximum Gasteiger partial charge on any atom is 0.351 e. The second kappa shape index (κ2) is 9.25. The van der Waals surface area contributed by atoms with Crippen LogP contribution >= 0.6 is 14.3 Å². The van der Waals surface area contributed by atoms with Gasteiger partial charge in [-0.2, -0.15) is 0 Å². The first kappa shape index (κ1) is 23.3. The number of H-pyrrole nitrogens is 1. The first-order valence-electron chi connectivity index (χ1n) is 8.02. The number of rotatable bonds is 8. The number of hydrogen-bond donors (Lipinski definition) is 3. The summed E-state index contributed by atoms with van der Waals surface area (Å²) in [4.78, 5) is 45.4. The van der Waals surface area contributed by atoms with Crippen LogP contribution < -0.4 is 11.2 Å². The highest BCUT2D eigenvalue weighted by Crippen LogP contribution is 2.51. The highest BCUT2D eigenvalue weighted by atomic mass is 32.5. The van der Waals surface area contributed by atoms with Crippen molar-refractivity contribution in [2.24, 2.45) is 5.92 Å². The summed E-state index contributed by atoms with van der Waals surface area (Å²) in [6.45, 7) is -3.61. The first-order valence-corrected chi connectivity index (χ1v) is 12.3. The SMILES string of the molecule is CO[C@@H]1[C@H](OP(O)(=S)OC)[C@@H](/C=C/P(=O)(O)OC)C[C@H]1n1ccc(=O)[nH]c1=O. The second-order valence-electron chi connectivity index (χ2n) is 5.99. The lowest BCUT2D eigenvalue weighted by Gasteiger charge is -2.28. The Morgan fingerprint density at radius 3 is 2.46 bits per heavy atom. The molecule has 0 bridgehead atoms. The van der Waals surface area contributed by atoms with E-state index in [1.165, 1.54) is 37.1 Å². The van der Waals surface area contributed by atoms with E-state index in [-0.39, 0.29) is 6.42 Å². The summed E-state index contributed by atoms with van der Waals surface area (Å²) in [5, 5.41) is 0. The third kappa shape index (κ3) is 5.56. The second-order valence-corrected chi connectivity index (χ2v) is 10.7. The normalized spacial score (nSPS) is 29.6. The van der Waals surface area contributed by atoms with Gasteiger partial charge in [0.2, 0.25) is 0 Å². The molecule has 1 aromatic rings. The van der Waals surface area contributed by atoms with Crippen molar-refractivity contribution in [2.75, 3.05) is 21.3 Å². The molecule has 0 spiro atoms. The standard InChI is InChI=1S/C14H22N2O9P2S/c1-22-13-10(16-6-4-11(17)15-14(16)18)8-9(5-7-26(19,20)23-2)12(13)25-27(21,28)24-3/h4-7,9-10,12-13H,8H2,1-3H3,(H,19,20)(H,21,28)(H,15,17,18)/b7-5+/t9-,10+,12+,13-,27?/m0/s1. The van der Waals surface area contributed by atoms with Crippen LogP contribution in [0.4, 0.5) is 0 Å². The molecular weight excluding hydrogens is 434 g/mol. The monoisotopic (exact) mass is 456 g/mol. The molecule has 1 aliphatic rings. The van der Waals surface area contributed by atoms with Crippen molar-refractivity contribution < 1.29 is 32.7 Å². The molecule has 0 amide bonds. The number of aromatic amines is 1. The van der Waals surface area contributed by atoms with Gasteiger partial charge in [0, 0.05) is 45.3 Å². The molecule has 1 aliphatic carbocycles. The fourth-order valence-corrected chi connectivity index (χ4v) is 4.59. The fourth-order valence-electron chi connectivity index (χ4n) is 3.06. The molecule has 3 N–H and O–H groups in total. The van der Waals surface area contributed by atoms with Crippen LogP contribution in [-0.2, 0) is 34.7 Å². The summed E-state index contributed by atoms with van der Waals surface area (Å²) in [6, 6.07) is 0.576. The minimum atomic E-state index is -3.95. The van der Waals surface area contributed by atoms with Gasteiger partial charge in [-0.15, -0.1) is 0 Å². The van der Waals surface area contributed by atoms with Crippen LogP contribution in [0, 0.1) is 5.92 Å². The largest absolute Gasteiger partial charge is 0.377 e. The molecule has 1 fully saturated rings. The van der Waals surface area contributed by atoms with E-state index < -0.39 is 49.7 Å². The van der Waals surface area contributed by atoms with Crippen molar-refractivity contribution in [3.8, 4) is 0 Å². The molecule has 0 aliphatic heterocycles. The predicted octanol–water partition coefficient (Wildman–Crippen LogP) is 0.707. The van der Waals surface area contributed by atoms with Gasteiger partial charge in [0.25, 0.3) is 5.56 Å². The zero-order chi connectivity index (χ0) is 21.1. The Hall–Kier alpha value is -0.940. The summed E-state index contributed by atoms with van der Waals surface area (Å²) in [5.74, 6) is 0.418. The van der Waals surface area contributed by atoms with Gasteiger partial charge >= 0.3 is 20.0 Å². The molecule has 2 unspecified atom stereocenters. The number of ether oxygens (including phenoxy) is 1. The molecule has 6 atom stereocenters. The third-order valence-electron chi connectivity index (χ3n) is 4.39. The minimum Gasteiger partial charge on any atom is -0.377 e. The molecule has 2 rings (SSSR count). The van der Waals surface area contributed by atoms with Crippen molar-refractivity contribution in [1.29, 1.82) is 0 Å². The summed E-state index contributed by atoms with van der Waals surface area (Å²) >= 11 is 4.91. The van der Waals surface area contributed by atoms with Gasteiger partial charge in [-0.3, -0.25) is 18.9 Å². The molecule has 1 aromatic heterocycles. The maximum absolute atomic E-state index is 12.2. The van der Waals surface area contributed by atoms with E-state index in [0.29, 0.717) is 0 Å². The number of aromatic nitrogens is 2. The van der Waals surface area contributed by atoms with Gasteiger partial charge in [-0.05, 0) is 18.2 Å². The van der Waals surface area contributed by atoms with Gasteiger partial charge in [0.1, 0.15) is 12.2 Å². The molecule has 1 heterocycles. The smallest absolute Gasteiger partial charge is 0.351 e. The highest BCUT2D eigenvalue weighted by molar-refractivity contribution is 8.07. The van der Waals surface area contributed by atoms with E-state index in [9.17, 15) is 23.9 Å². The van der Waals surface area contributed by atoms with Crippen LogP contribution in [0.3, 0.4) is 0 Å². The van der Waals surface area contributed by atoms with Crippen LogP contribution in [0.2, 0.25) is 0 Å². The van der Waals surface area contributed by atoms with Gasteiger partial charge in [0.15, 0.2) is 0 Å². The minimum absolute atomic E-state index is 0.231. The lowest BCUT2D eigenvalue weighted by atomic mass is 10.1. The molecule has 11 nitrogen and oxygen atoms in total. The van der Waals surface area contributed by atoms with Crippen LogP contribution in [0.15, 0.2) is 33.7 Å². The summed E-state index contributed by atoms with van der Waals surface area (Å²) in [7, 11) is -0.281. The molecular formula is C14H22N2O9P2S. The molecule has 1 saturated carbocycles. The number of hydrogen-bond acceptors (Lipinski definition) is 8. The summed E-state index contributed by atoms with van der Waals surface area (Å²) in [6.07, 6.45) is 1.27. The average Bonchev–Trinajstić information content (AvgIpc) is 2.96. The molecule has 158 valence electrons. The van der Waals surface area contributed by atoms with Crippen LogP contribution in [0.25, 0.3) is 0 Å².